The van der Waals surface area contributed by atoms with Crippen molar-refractivity contribution in [3.05, 3.63) is 0 Å². The molecule has 0 spiro atoms. The highest BCUT2D eigenvalue weighted by molar-refractivity contribution is 5.86. The average Bonchev–Trinajstić information content (AvgIpc) is 2.33. The van der Waals surface area contributed by atoms with Gasteiger partial charge in [0.1, 0.15) is 0 Å². The normalized spacial score (nSPS) is 36.6. The molecule has 1 saturated carbocycles. The van der Waals surface area contributed by atoms with Crippen LogP contribution < -0.4 is 10.6 Å². The molecule has 1 atom stereocenters. The van der Waals surface area contributed by atoms with Crippen molar-refractivity contribution in [3.8, 4) is 0 Å². The van der Waals surface area contributed by atoms with Crippen LogP contribution in [0.15, 0.2) is 0 Å². The Morgan fingerprint density at radius 2 is 1.89 bits per heavy atom. The summed E-state index contributed by atoms with van der Waals surface area (Å²) in [4.78, 5) is 12.3. The Labute approximate surface area is 117 Å². The Hall–Kier alpha value is -0.280. The second-order valence-electron chi connectivity index (χ2n) is 6.15. The Balaban J connectivity index is 0.00000162. The number of amides is 1. The zero-order valence-corrected chi connectivity index (χ0v) is 12.4. The molecular weight excluding hydrogens is 248 g/mol. The number of carbonyl (C=O) groups is 1. The maximum Gasteiger partial charge on any atom is 0.240 e. The molecule has 2 fully saturated rings. The van der Waals surface area contributed by atoms with Crippen molar-refractivity contribution in [1.82, 2.24) is 10.6 Å². The van der Waals surface area contributed by atoms with Crippen molar-refractivity contribution in [2.24, 2.45) is 5.92 Å². The van der Waals surface area contributed by atoms with Crippen molar-refractivity contribution in [3.63, 3.8) is 0 Å². The summed E-state index contributed by atoms with van der Waals surface area (Å²) in [5.41, 5.74) is -0.318. The molecule has 0 aromatic rings. The van der Waals surface area contributed by atoms with Gasteiger partial charge in [0.2, 0.25) is 5.91 Å². The van der Waals surface area contributed by atoms with Crippen LogP contribution in [0.25, 0.3) is 0 Å². The largest absolute Gasteiger partial charge is 0.352 e. The third-order valence-corrected chi connectivity index (χ3v) is 4.47. The minimum atomic E-state index is -0.318. The summed E-state index contributed by atoms with van der Waals surface area (Å²) in [6, 6.07) is 0.416. The first-order valence-electron chi connectivity index (χ1n) is 7.16. The molecule has 1 amide bonds. The summed E-state index contributed by atoms with van der Waals surface area (Å²) in [7, 11) is 0. The number of hydrogen-bond donors (Lipinski definition) is 2. The number of piperidine rings is 1. The molecule has 0 aromatic carbocycles. The van der Waals surface area contributed by atoms with Crippen molar-refractivity contribution in [1.29, 1.82) is 0 Å². The smallest absolute Gasteiger partial charge is 0.240 e. The molecule has 2 aliphatic rings. The first-order chi connectivity index (χ1) is 8.10. The maximum absolute atomic E-state index is 12.3. The fraction of sp³-hybridized carbons (Fsp3) is 0.929. The molecule has 1 aliphatic carbocycles. The van der Waals surface area contributed by atoms with Gasteiger partial charge >= 0.3 is 0 Å². The summed E-state index contributed by atoms with van der Waals surface area (Å²) < 4.78 is 0. The zero-order valence-electron chi connectivity index (χ0n) is 11.6. The minimum Gasteiger partial charge on any atom is -0.352 e. The topological polar surface area (TPSA) is 41.1 Å². The molecule has 0 bridgehead atoms. The number of nitrogens with one attached hydrogen (secondary N) is 2. The lowest BCUT2D eigenvalue weighted by molar-refractivity contribution is -0.129. The molecule has 0 aromatic heterocycles. The fourth-order valence-electron chi connectivity index (χ4n) is 3.00. The lowest BCUT2D eigenvalue weighted by atomic mass is 9.85. The van der Waals surface area contributed by atoms with Crippen LogP contribution in [0.5, 0.6) is 0 Å². The molecule has 18 heavy (non-hydrogen) atoms. The highest BCUT2D eigenvalue weighted by Gasteiger charge is 2.35. The molecule has 1 aliphatic heterocycles. The van der Waals surface area contributed by atoms with Gasteiger partial charge in [-0.1, -0.05) is 6.92 Å². The SMILES string of the molecule is CC1CCC(NC(=O)C2(C)CCCCN2)CC1.Cl. The van der Waals surface area contributed by atoms with Crippen LogP contribution in [0.3, 0.4) is 0 Å². The van der Waals surface area contributed by atoms with E-state index in [1.807, 2.05) is 6.92 Å². The van der Waals surface area contributed by atoms with Gasteiger partial charge in [0.25, 0.3) is 0 Å². The van der Waals surface area contributed by atoms with Crippen LogP contribution in [-0.2, 0) is 4.79 Å². The predicted molar refractivity (Wildman–Crippen MR) is 77.1 cm³/mol. The quantitative estimate of drug-likeness (QED) is 0.813. The molecule has 1 unspecified atom stereocenters. The maximum atomic E-state index is 12.3. The molecule has 106 valence electrons. The minimum absolute atomic E-state index is 0. The lowest BCUT2D eigenvalue weighted by Crippen LogP contribution is -2.58. The molecule has 4 heteroatoms. The Bertz CT molecular complexity index is 269. The van der Waals surface area contributed by atoms with E-state index in [4.69, 9.17) is 0 Å². The summed E-state index contributed by atoms with van der Waals surface area (Å²) in [5.74, 6) is 1.06. The standard InChI is InChI=1S/C14H26N2O.ClH/c1-11-5-7-12(8-6-11)16-13(17)14(2)9-3-4-10-15-14;/h11-12,15H,3-10H2,1-2H3,(H,16,17);1H. The molecular formula is C14H27ClN2O. The van der Waals surface area contributed by atoms with E-state index < -0.39 is 0 Å². The highest BCUT2D eigenvalue weighted by Crippen LogP contribution is 2.25. The van der Waals surface area contributed by atoms with Gasteiger partial charge in [0.05, 0.1) is 5.54 Å². The number of carbonyl (C=O) groups excluding carboxylic acids is 1. The second-order valence-corrected chi connectivity index (χ2v) is 6.15. The number of halogens is 1. The summed E-state index contributed by atoms with van der Waals surface area (Å²) >= 11 is 0. The van der Waals surface area contributed by atoms with Crippen LogP contribution >= 0.6 is 12.4 Å². The number of hydrogen-bond acceptors (Lipinski definition) is 2. The van der Waals surface area contributed by atoms with E-state index in [0.29, 0.717) is 6.04 Å². The van der Waals surface area contributed by atoms with Gasteiger partial charge in [-0.15, -0.1) is 12.4 Å². The van der Waals surface area contributed by atoms with Gasteiger partial charge in [-0.3, -0.25) is 4.79 Å². The highest BCUT2D eigenvalue weighted by atomic mass is 35.5. The van der Waals surface area contributed by atoms with Crippen LogP contribution in [0.2, 0.25) is 0 Å². The monoisotopic (exact) mass is 274 g/mol. The van der Waals surface area contributed by atoms with E-state index in [1.54, 1.807) is 0 Å². The first kappa shape index (κ1) is 15.8. The fourth-order valence-corrected chi connectivity index (χ4v) is 3.00. The first-order valence-corrected chi connectivity index (χ1v) is 7.16. The molecule has 3 nitrogen and oxygen atoms in total. The molecule has 1 heterocycles. The van der Waals surface area contributed by atoms with E-state index >= 15 is 0 Å². The van der Waals surface area contributed by atoms with Crippen LogP contribution in [0, 0.1) is 5.92 Å². The van der Waals surface area contributed by atoms with Crippen LogP contribution in [0.4, 0.5) is 0 Å². The summed E-state index contributed by atoms with van der Waals surface area (Å²) in [5, 5.41) is 6.63. The predicted octanol–water partition coefficient (Wildman–Crippen LogP) is 2.64. The Morgan fingerprint density at radius 1 is 1.22 bits per heavy atom. The third-order valence-electron chi connectivity index (χ3n) is 4.47. The van der Waals surface area contributed by atoms with Gasteiger partial charge in [-0.05, 0) is 64.3 Å². The van der Waals surface area contributed by atoms with E-state index in [0.717, 1.165) is 31.7 Å². The van der Waals surface area contributed by atoms with Crippen LogP contribution in [0.1, 0.15) is 58.8 Å². The van der Waals surface area contributed by atoms with E-state index in [2.05, 4.69) is 17.6 Å². The molecule has 2 rings (SSSR count). The van der Waals surface area contributed by atoms with Crippen molar-refractivity contribution in [2.45, 2.75) is 70.4 Å². The van der Waals surface area contributed by atoms with Crippen molar-refractivity contribution in [2.75, 3.05) is 6.54 Å². The lowest BCUT2D eigenvalue weighted by Gasteiger charge is -2.36. The van der Waals surface area contributed by atoms with Gasteiger partial charge in [-0.2, -0.15) is 0 Å². The molecule has 0 radical (unpaired) electrons. The Kier molecular flexibility index (Phi) is 5.93. The van der Waals surface area contributed by atoms with Crippen molar-refractivity contribution < 1.29 is 4.79 Å². The second kappa shape index (κ2) is 6.76. The summed E-state index contributed by atoms with van der Waals surface area (Å²) in [6.45, 7) is 5.33. The molecule has 2 N–H and O–H groups in total. The van der Waals surface area contributed by atoms with Crippen LogP contribution in [-0.4, -0.2) is 24.0 Å². The average molecular weight is 275 g/mol. The van der Waals surface area contributed by atoms with Gasteiger partial charge in [-0.25, -0.2) is 0 Å². The summed E-state index contributed by atoms with van der Waals surface area (Å²) in [6.07, 6.45) is 8.17. The van der Waals surface area contributed by atoms with Gasteiger partial charge < -0.3 is 10.6 Å². The van der Waals surface area contributed by atoms with Gasteiger partial charge in [0.15, 0.2) is 0 Å². The number of rotatable bonds is 2. The third kappa shape index (κ3) is 3.86. The van der Waals surface area contributed by atoms with E-state index in [1.165, 1.54) is 25.7 Å². The molecule has 1 saturated heterocycles. The Morgan fingerprint density at radius 3 is 2.44 bits per heavy atom. The van der Waals surface area contributed by atoms with E-state index in [9.17, 15) is 4.79 Å². The van der Waals surface area contributed by atoms with Crippen molar-refractivity contribution >= 4 is 18.3 Å². The van der Waals surface area contributed by atoms with E-state index in [-0.39, 0.29) is 23.9 Å². The zero-order chi connectivity index (χ0) is 12.3. The van der Waals surface area contributed by atoms with Gasteiger partial charge in [0, 0.05) is 6.04 Å².